The highest BCUT2D eigenvalue weighted by atomic mass is 16.5. The van der Waals surface area contributed by atoms with Gasteiger partial charge in [0.1, 0.15) is 0 Å². The first-order valence-corrected chi connectivity index (χ1v) is 20.5. The lowest BCUT2D eigenvalue weighted by Gasteiger charge is -2.37. The molecule has 7 rings (SSSR count). The molecule has 3 amide bonds. The van der Waals surface area contributed by atoms with Crippen LogP contribution in [0.3, 0.4) is 0 Å². The van der Waals surface area contributed by atoms with Crippen molar-refractivity contribution >= 4 is 23.4 Å². The number of carbonyl (C=O) groups is 3. The number of ether oxygens (including phenoxy) is 1. The normalized spacial score (nSPS) is 18.4. The fourth-order valence-electron chi connectivity index (χ4n) is 8.80. The van der Waals surface area contributed by atoms with Gasteiger partial charge in [0.05, 0.1) is 5.92 Å². The number of aryl methyl sites for hydroxylation is 2. The second kappa shape index (κ2) is 18.0. The number of aromatic amines is 1. The van der Waals surface area contributed by atoms with Gasteiger partial charge in [-0.2, -0.15) is 0 Å². The molecule has 0 aliphatic carbocycles. The molecule has 0 saturated carbocycles. The summed E-state index contributed by atoms with van der Waals surface area (Å²) in [7, 11) is 0. The van der Waals surface area contributed by atoms with Gasteiger partial charge in [0.15, 0.2) is 0 Å². The van der Waals surface area contributed by atoms with Crippen molar-refractivity contribution in [2.75, 3.05) is 50.8 Å². The van der Waals surface area contributed by atoms with Gasteiger partial charge in [-0.25, -0.2) is 0 Å². The molecule has 1 aromatic heterocycles. The fourth-order valence-corrected chi connectivity index (χ4v) is 8.80. The quantitative estimate of drug-likeness (QED) is 0.156. The zero-order valence-corrected chi connectivity index (χ0v) is 33.8. The number of piperidine rings is 1. The predicted octanol–water partition coefficient (Wildman–Crippen LogP) is 5.74. The Balaban J connectivity index is 1.04. The number of carbonyl (C=O) groups excluding carboxylic acids is 3. The molecule has 11 nitrogen and oxygen atoms in total. The lowest BCUT2D eigenvalue weighted by Crippen LogP contribution is -2.45. The van der Waals surface area contributed by atoms with Gasteiger partial charge in [0.25, 0.3) is 11.5 Å². The molecule has 11 heteroatoms. The SMILES string of the molecule is CCN(c1cc(-c2ccc(CN3CCN(Cc4ccccc4C4CCC(=O)NC4=O)CC3)cc2)cc(C(=O)NCc2c(C)cc(C)[nH]c2=O)c1C)C1CCOCC1. The highest BCUT2D eigenvalue weighted by molar-refractivity contribution is 6.01. The van der Waals surface area contributed by atoms with Crippen LogP contribution in [0.25, 0.3) is 11.1 Å². The van der Waals surface area contributed by atoms with Gasteiger partial charge in [0.2, 0.25) is 11.8 Å². The summed E-state index contributed by atoms with van der Waals surface area (Å²) in [5.74, 6) is -0.860. The Labute approximate surface area is 335 Å². The van der Waals surface area contributed by atoms with E-state index in [1.807, 2.05) is 51.1 Å². The van der Waals surface area contributed by atoms with E-state index in [2.05, 4.69) is 73.6 Å². The molecule has 3 N–H and O–H groups in total. The predicted molar refractivity (Wildman–Crippen MR) is 223 cm³/mol. The summed E-state index contributed by atoms with van der Waals surface area (Å²) in [6.07, 6.45) is 2.81. The number of imide groups is 1. The smallest absolute Gasteiger partial charge is 0.253 e. The number of hydrogen-bond donors (Lipinski definition) is 3. The molecule has 300 valence electrons. The van der Waals surface area contributed by atoms with Crippen LogP contribution in [-0.4, -0.2) is 84.5 Å². The first kappa shape index (κ1) is 40.1. The summed E-state index contributed by atoms with van der Waals surface area (Å²) in [6.45, 7) is 15.7. The van der Waals surface area contributed by atoms with Crippen molar-refractivity contribution < 1.29 is 19.1 Å². The number of hydrogen-bond acceptors (Lipinski definition) is 8. The number of pyridine rings is 1. The highest BCUT2D eigenvalue weighted by Gasteiger charge is 2.30. The first-order valence-electron chi connectivity index (χ1n) is 20.5. The Bertz CT molecular complexity index is 2150. The van der Waals surface area contributed by atoms with Crippen LogP contribution in [0.2, 0.25) is 0 Å². The maximum Gasteiger partial charge on any atom is 0.253 e. The zero-order valence-electron chi connectivity index (χ0n) is 33.8. The van der Waals surface area contributed by atoms with Crippen LogP contribution in [0.4, 0.5) is 5.69 Å². The van der Waals surface area contributed by atoms with Crippen molar-refractivity contribution in [3.63, 3.8) is 0 Å². The van der Waals surface area contributed by atoms with Crippen LogP contribution in [0.15, 0.2) is 71.5 Å². The van der Waals surface area contributed by atoms with Crippen LogP contribution in [0.5, 0.6) is 0 Å². The summed E-state index contributed by atoms with van der Waals surface area (Å²) in [5.41, 5.74) is 10.1. The van der Waals surface area contributed by atoms with Crippen molar-refractivity contribution in [1.82, 2.24) is 25.4 Å². The first-order chi connectivity index (χ1) is 27.6. The Kier molecular flexibility index (Phi) is 12.7. The Morgan fingerprint density at radius 1 is 0.860 bits per heavy atom. The second-order valence-electron chi connectivity index (χ2n) is 15.9. The van der Waals surface area contributed by atoms with Gasteiger partial charge in [0, 0.05) is 101 Å². The fraction of sp³-hybridized carbons (Fsp3) is 0.435. The number of anilines is 1. The van der Waals surface area contributed by atoms with Crippen LogP contribution in [0, 0.1) is 20.8 Å². The molecule has 4 aromatic rings. The average Bonchev–Trinajstić information content (AvgIpc) is 3.20. The summed E-state index contributed by atoms with van der Waals surface area (Å²) < 4.78 is 5.70. The average molecular weight is 773 g/mol. The second-order valence-corrected chi connectivity index (χ2v) is 15.9. The maximum atomic E-state index is 14.0. The third-order valence-electron chi connectivity index (χ3n) is 12.0. The van der Waals surface area contributed by atoms with E-state index in [0.29, 0.717) is 30.0 Å². The van der Waals surface area contributed by atoms with Gasteiger partial charge >= 0.3 is 0 Å². The molecule has 3 aliphatic heterocycles. The number of amides is 3. The summed E-state index contributed by atoms with van der Waals surface area (Å²) >= 11 is 0. The number of benzene rings is 3. The Hall–Kier alpha value is -5.10. The molecule has 3 saturated heterocycles. The zero-order chi connectivity index (χ0) is 40.1. The van der Waals surface area contributed by atoms with E-state index >= 15 is 0 Å². The monoisotopic (exact) mass is 772 g/mol. The standard InChI is InChI=1S/C46H56N6O5/c1-5-52(37-16-22-57-23-17-37)42-26-36(25-40(32(42)4)44(54)47-27-41-30(2)24-31(3)48-46(41)56)34-12-10-33(11-13-34)28-50-18-20-51(21-19-50)29-35-8-6-7-9-38(35)39-14-15-43(53)49-45(39)55/h6-13,24-26,37,39H,5,14-23,27-29H2,1-4H3,(H,47,54)(H,48,56)(H,49,53,55). The number of nitrogens with one attached hydrogen (secondary N) is 3. The topological polar surface area (TPSA) is 127 Å². The Morgan fingerprint density at radius 2 is 1.56 bits per heavy atom. The van der Waals surface area contributed by atoms with E-state index in [-0.39, 0.29) is 35.7 Å². The molecule has 3 aromatic carbocycles. The maximum absolute atomic E-state index is 14.0. The van der Waals surface area contributed by atoms with Crippen molar-refractivity contribution in [3.8, 4) is 11.1 Å². The number of piperazine rings is 1. The number of rotatable bonds is 12. The van der Waals surface area contributed by atoms with Crippen molar-refractivity contribution in [2.24, 2.45) is 0 Å². The third-order valence-corrected chi connectivity index (χ3v) is 12.0. The highest BCUT2D eigenvalue weighted by Crippen LogP contribution is 2.34. The lowest BCUT2D eigenvalue weighted by atomic mass is 9.87. The molecular formula is C46H56N6O5. The van der Waals surface area contributed by atoms with E-state index in [1.54, 1.807) is 0 Å². The van der Waals surface area contributed by atoms with Crippen molar-refractivity contribution in [3.05, 3.63) is 122 Å². The van der Waals surface area contributed by atoms with E-state index < -0.39 is 0 Å². The number of nitrogens with zero attached hydrogens (tertiary/aromatic N) is 3. The van der Waals surface area contributed by atoms with Gasteiger partial charge in [-0.05, 0) is 104 Å². The molecule has 4 heterocycles. The molecule has 3 fully saturated rings. The van der Waals surface area contributed by atoms with Crippen molar-refractivity contribution in [2.45, 2.75) is 85.0 Å². The minimum absolute atomic E-state index is 0.148. The van der Waals surface area contributed by atoms with Crippen LogP contribution in [-0.2, 0) is 34.0 Å². The summed E-state index contributed by atoms with van der Waals surface area (Å²) in [6, 6.07) is 23.3. The Morgan fingerprint density at radius 3 is 2.25 bits per heavy atom. The summed E-state index contributed by atoms with van der Waals surface area (Å²) in [4.78, 5) is 61.3. The van der Waals surface area contributed by atoms with Crippen LogP contribution < -0.4 is 21.1 Å². The molecule has 0 bridgehead atoms. The lowest BCUT2D eigenvalue weighted by molar-refractivity contribution is -0.134. The largest absolute Gasteiger partial charge is 0.381 e. The molecule has 57 heavy (non-hydrogen) atoms. The minimum atomic E-state index is -0.281. The van der Waals surface area contributed by atoms with Gasteiger partial charge in [-0.15, -0.1) is 0 Å². The van der Waals surface area contributed by atoms with E-state index in [1.165, 1.54) is 5.56 Å². The summed E-state index contributed by atoms with van der Waals surface area (Å²) in [5, 5.41) is 5.57. The van der Waals surface area contributed by atoms with Gasteiger partial charge in [-0.1, -0.05) is 48.5 Å². The number of aromatic nitrogens is 1. The van der Waals surface area contributed by atoms with Crippen molar-refractivity contribution in [1.29, 1.82) is 0 Å². The number of H-pyrrole nitrogens is 1. The molecule has 1 atom stereocenters. The van der Waals surface area contributed by atoms with E-state index in [0.717, 1.165) is 117 Å². The molecule has 0 radical (unpaired) electrons. The minimum Gasteiger partial charge on any atom is -0.381 e. The van der Waals surface area contributed by atoms with Gasteiger partial charge in [-0.3, -0.25) is 34.3 Å². The molecule has 3 aliphatic rings. The van der Waals surface area contributed by atoms with Crippen LogP contribution in [0.1, 0.15) is 88.0 Å². The van der Waals surface area contributed by atoms with Gasteiger partial charge < -0.3 is 19.9 Å². The molecular weight excluding hydrogens is 717 g/mol. The molecule has 1 unspecified atom stereocenters. The van der Waals surface area contributed by atoms with E-state index in [9.17, 15) is 19.2 Å². The molecule has 0 spiro atoms. The van der Waals surface area contributed by atoms with Crippen LogP contribution >= 0.6 is 0 Å². The van der Waals surface area contributed by atoms with E-state index in [4.69, 9.17) is 4.74 Å². The third kappa shape index (κ3) is 9.38.